The minimum atomic E-state index is -3.58. The molecule has 1 aromatic rings. The lowest BCUT2D eigenvalue weighted by Gasteiger charge is -2.33. The van der Waals surface area contributed by atoms with Crippen molar-refractivity contribution in [1.29, 1.82) is 0 Å². The molecule has 6 nitrogen and oxygen atoms in total. The summed E-state index contributed by atoms with van der Waals surface area (Å²) in [5, 5.41) is 9.86. The van der Waals surface area contributed by atoms with E-state index in [1.54, 1.807) is 7.05 Å². The second-order valence-corrected chi connectivity index (χ2v) is 7.49. The van der Waals surface area contributed by atoms with Crippen LogP contribution in [0.1, 0.15) is 50.3 Å². The molecule has 0 unspecified atom stereocenters. The van der Waals surface area contributed by atoms with Gasteiger partial charge in [-0.25, -0.2) is 13.1 Å². The standard InChI is InChI=1S/C13H24N4O2S/c1-10-11(9-14-3)12(16-15-10)20(18,19)17-13(2)7-5-4-6-8-13/h14,17H,4-9H2,1-3H3,(H,15,16). The van der Waals surface area contributed by atoms with E-state index in [1.807, 2.05) is 13.8 Å². The van der Waals surface area contributed by atoms with Gasteiger partial charge in [0.25, 0.3) is 10.0 Å². The highest BCUT2D eigenvalue weighted by atomic mass is 32.2. The molecular formula is C13H24N4O2S. The van der Waals surface area contributed by atoms with Crippen molar-refractivity contribution in [2.24, 2.45) is 0 Å². The quantitative estimate of drug-likeness (QED) is 0.768. The number of aromatic amines is 1. The fourth-order valence-corrected chi connectivity index (χ4v) is 4.51. The van der Waals surface area contributed by atoms with E-state index in [4.69, 9.17) is 0 Å². The van der Waals surface area contributed by atoms with Gasteiger partial charge in [0.15, 0.2) is 5.03 Å². The fourth-order valence-electron chi connectivity index (χ4n) is 2.84. The van der Waals surface area contributed by atoms with Gasteiger partial charge in [-0.05, 0) is 33.7 Å². The molecule has 20 heavy (non-hydrogen) atoms. The maximum atomic E-state index is 12.6. The van der Waals surface area contributed by atoms with Crippen molar-refractivity contribution >= 4 is 10.0 Å². The molecule has 1 heterocycles. The second-order valence-electron chi connectivity index (χ2n) is 5.89. The molecule has 2 rings (SSSR count). The number of nitrogens with one attached hydrogen (secondary N) is 3. The number of aromatic nitrogens is 2. The number of sulfonamides is 1. The molecule has 1 aliphatic carbocycles. The van der Waals surface area contributed by atoms with Crippen LogP contribution in [0.2, 0.25) is 0 Å². The largest absolute Gasteiger partial charge is 0.316 e. The Hall–Kier alpha value is -0.920. The van der Waals surface area contributed by atoms with Crippen LogP contribution in [0.25, 0.3) is 0 Å². The summed E-state index contributed by atoms with van der Waals surface area (Å²) in [7, 11) is -1.79. The minimum absolute atomic E-state index is 0.121. The number of nitrogens with zero attached hydrogens (tertiary/aromatic N) is 1. The minimum Gasteiger partial charge on any atom is -0.316 e. The highest BCUT2D eigenvalue weighted by Gasteiger charge is 2.34. The Balaban J connectivity index is 2.26. The summed E-state index contributed by atoms with van der Waals surface area (Å²) in [5.74, 6) is 0. The van der Waals surface area contributed by atoms with Gasteiger partial charge < -0.3 is 5.32 Å². The first-order valence-corrected chi connectivity index (χ1v) is 8.59. The molecule has 1 aromatic heterocycles. The number of rotatable bonds is 5. The molecule has 114 valence electrons. The van der Waals surface area contributed by atoms with E-state index in [-0.39, 0.29) is 10.6 Å². The summed E-state index contributed by atoms with van der Waals surface area (Å²) in [6.07, 6.45) is 5.10. The molecule has 0 bridgehead atoms. The summed E-state index contributed by atoms with van der Waals surface area (Å²) in [4.78, 5) is 0. The van der Waals surface area contributed by atoms with Gasteiger partial charge in [-0.3, -0.25) is 5.10 Å². The molecule has 7 heteroatoms. The molecule has 1 saturated carbocycles. The van der Waals surface area contributed by atoms with Crippen molar-refractivity contribution in [2.45, 2.75) is 63.1 Å². The monoisotopic (exact) mass is 300 g/mol. The van der Waals surface area contributed by atoms with Gasteiger partial charge in [0.2, 0.25) is 0 Å². The molecule has 0 amide bonds. The zero-order valence-electron chi connectivity index (χ0n) is 12.4. The SMILES string of the molecule is CNCc1c(S(=O)(=O)NC2(C)CCCCC2)n[nH]c1C. The number of hydrogen-bond acceptors (Lipinski definition) is 4. The molecule has 0 aliphatic heterocycles. The lowest BCUT2D eigenvalue weighted by molar-refractivity contribution is 0.293. The maximum absolute atomic E-state index is 12.6. The van der Waals surface area contributed by atoms with Gasteiger partial charge >= 0.3 is 0 Å². The zero-order valence-corrected chi connectivity index (χ0v) is 13.2. The van der Waals surface area contributed by atoms with Crippen LogP contribution in [-0.4, -0.2) is 31.2 Å². The molecule has 0 radical (unpaired) electrons. The number of H-pyrrole nitrogens is 1. The van der Waals surface area contributed by atoms with E-state index in [0.717, 1.165) is 31.4 Å². The Morgan fingerprint density at radius 1 is 1.30 bits per heavy atom. The predicted octanol–water partition coefficient (Wildman–Crippen LogP) is 1.44. The van der Waals surface area contributed by atoms with Gasteiger partial charge in [-0.2, -0.15) is 5.10 Å². The highest BCUT2D eigenvalue weighted by molar-refractivity contribution is 7.89. The lowest BCUT2D eigenvalue weighted by atomic mass is 9.84. The Kier molecular flexibility index (Phi) is 4.51. The summed E-state index contributed by atoms with van der Waals surface area (Å²) in [6.45, 7) is 4.30. The third-order valence-electron chi connectivity index (χ3n) is 3.98. The number of hydrogen-bond donors (Lipinski definition) is 3. The van der Waals surface area contributed by atoms with Crippen molar-refractivity contribution in [2.75, 3.05) is 7.05 Å². The van der Waals surface area contributed by atoms with Crippen molar-refractivity contribution in [3.63, 3.8) is 0 Å². The van der Waals surface area contributed by atoms with Crippen LogP contribution in [0.4, 0.5) is 0 Å². The fraction of sp³-hybridized carbons (Fsp3) is 0.769. The van der Waals surface area contributed by atoms with E-state index >= 15 is 0 Å². The summed E-state index contributed by atoms with van der Waals surface area (Å²) >= 11 is 0. The summed E-state index contributed by atoms with van der Waals surface area (Å²) in [5.41, 5.74) is 1.15. The van der Waals surface area contributed by atoms with Gasteiger partial charge in [-0.1, -0.05) is 19.3 Å². The van der Waals surface area contributed by atoms with Crippen LogP contribution in [0.3, 0.4) is 0 Å². The first-order valence-electron chi connectivity index (χ1n) is 7.10. The molecule has 1 aliphatic rings. The molecule has 3 N–H and O–H groups in total. The third-order valence-corrected chi connectivity index (χ3v) is 5.59. The maximum Gasteiger partial charge on any atom is 0.260 e. The third kappa shape index (κ3) is 3.21. The topological polar surface area (TPSA) is 86.9 Å². The van der Waals surface area contributed by atoms with E-state index in [1.165, 1.54) is 6.42 Å². The summed E-state index contributed by atoms with van der Waals surface area (Å²) in [6, 6.07) is 0. The van der Waals surface area contributed by atoms with E-state index in [2.05, 4.69) is 20.2 Å². The average Bonchev–Trinajstić information content (AvgIpc) is 2.72. The predicted molar refractivity (Wildman–Crippen MR) is 77.9 cm³/mol. The van der Waals surface area contributed by atoms with Crippen molar-refractivity contribution in [3.05, 3.63) is 11.3 Å². The van der Waals surface area contributed by atoms with Crippen molar-refractivity contribution in [3.8, 4) is 0 Å². The first kappa shape index (κ1) is 15.5. The van der Waals surface area contributed by atoms with Crippen LogP contribution < -0.4 is 10.0 Å². The Bertz CT molecular complexity index is 559. The van der Waals surface area contributed by atoms with Crippen molar-refractivity contribution < 1.29 is 8.42 Å². The molecular weight excluding hydrogens is 276 g/mol. The Morgan fingerprint density at radius 2 is 1.95 bits per heavy atom. The summed E-state index contributed by atoms with van der Waals surface area (Å²) < 4.78 is 28.0. The van der Waals surface area contributed by atoms with E-state index in [0.29, 0.717) is 12.1 Å². The first-order chi connectivity index (χ1) is 9.38. The Labute approximate surface area is 120 Å². The zero-order chi connectivity index (χ0) is 14.8. The van der Waals surface area contributed by atoms with Gasteiger partial charge in [0.1, 0.15) is 0 Å². The van der Waals surface area contributed by atoms with Crippen molar-refractivity contribution in [1.82, 2.24) is 20.2 Å². The van der Waals surface area contributed by atoms with Gasteiger partial charge in [0, 0.05) is 23.3 Å². The van der Waals surface area contributed by atoms with Crippen LogP contribution in [0.5, 0.6) is 0 Å². The Morgan fingerprint density at radius 3 is 2.55 bits per heavy atom. The van der Waals surface area contributed by atoms with E-state index in [9.17, 15) is 8.42 Å². The molecule has 0 atom stereocenters. The second kappa shape index (κ2) is 5.83. The molecule has 1 fully saturated rings. The average molecular weight is 300 g/mol. The van der Waals surface area contributed by atoms with Crippen LogP contribution in [0, 0.1) is 6.92 Å². The number of aryl methyl sites for hydroxylation is 1. The van der Waals surface area contributed by atoms with Gasteiger partial charge in [-0.15, -0.1) is 0 Å². The highest BCUT2D eigenvalue weighted by Crippen LogP contribution is 2.29. The molecule has 0 saturated heterocycles. The lowest BCUT2D eigenvalue weighted by Crippen LogP contribution is -2.47. The van der Waals surface area contributed by atoms with E-state index < -0.39 is 10.0 Å². The van der Waals surface area contributed by atoms with Crippen LogP contribution in [0.15, 0.2) is 5.03 Å². The van der Waals surface area contributed by atoms with Crippen LogP contribution in [-0.2, 0) is 16.6 Å². The smallest absolute Gasteiger partial charge is 0.260 e. The van der Waals surface area contributed by atoms with Crippen LogP contribution >= 0.6 is 0 Å². The normalized spacial score (nSPS) is 19.1. The molecule has 0 spiro atoms. The molecule has 0 aromatic carbocycles. The van der Waals surface area contributed by atoms with Gasteiger partial charge in [0.05, 0.1) is 0 Å².